The van der Waals surface area contributed by atoms with E-state index in [4.69, 9.17) is 0 Å². The first-order chi connectivity index (χ1) is 5.29. The molecule has 1 unspecified atom stereocenters. The van der Waals surface area contributed by atoms with Crippen LogP contribution in [0.25, 0.3) is 0 Å². The van der Waals surface area contributed by atoms with Crippen LogP contribution in [0.15, 0.2) is 10.1 Å². The first-order valence-corrected chi connectivity index (χ1v) is 5.51. The van der Waals surface area contributed by atoms with Gasteiger partial charge in [0.15, 0.2) is 5.17 Å². The highest BCUT2D eigenvalue weighted by Crippen LogP contribution is 2.29. The van der Waals surface area contributed by atoms with Crippen molar-refractivity contribution < 1.29 is 0 Å². The third kappa shape index (κ3) is 1.27. The van der Waals surface area contributed by atoms with Gasteiger partial charge in [-0.3, -0.25) is 0 Å². The van der Waals surface area contributed by atoms with Gasteiger partial charge in [0.05, 0.1) is 11.6 Å². The molecule has 11 heavy (non-hydrogen) atoms. The molecular formula is C6H9N3S2. The maximum Gasteiger partial charge on any atom is 0.187 e. The third-order valence-electron chi connectivity index (χ3n) is 1.58. The predicted molar refractivity (Wildman–Crippen MR) is 52.1 cm³/mol. The lowest BCUT2D eigenvalue weighted by Crippen LogP contribution is -2.17. The second-order valence-electron chi connectivity index (χ2n) is 2.41. The molecule has 2 heterocycles. The van der Waals surface area contributed by atoms with E-state index >= 15 is 0 Å². The number of nitrogens with zero attached hydrogens (tertiary/aromatic N) is 3. The van der Waals surface area contributed by atoms with Gasteiger partial charge in [-0.25, -0.2) is 10.0 Å². The highest BCUT2D eigenvalue weighted by molar-refractivity contribution is 8.26. The smallest absolute Gasteiger partial charge is 0.187 e. The van der Waals surface area contributed by atoms with Crippen LogP contribution in [0.4, 0.5) is 0 Å². The molecule has 2 rings (SSSR count). The Labute approximate surface area is 74.3 Å². The highest BCUT2D eigenvalue weighted by Gasteiger charge is 2.29. The summed E-state index contributed by atoms with van der Waals surface area (Å²) in [4.78, 5) is 4.47. The number of hydrogen-bond donors (Lipinski definition) is 0. The van der Waals surface area contributed by atoms with E-state index in [1.54, 1.807) is 23.5 Å². The quantitative estimate of drug-likeness (QED) is 0.621. The molecule has 0 aromatic heterocycles. The van der Waals surface area contributed by atoms with Crippen molar-refractivity contribution in [3.05, 3.63) is 0 Å². The number of rotatable bonds is 1. The molecule has 2 aliphatic rings. The Balaban J connectivity index is 2.12. The number of amidine groups is 1. The van der Waals surface area contributed by atoms with Gasteiger partial charge in [0.1, 0.15) is 5.37 Å². The Kier molecular flexibility index (Phi) is 1.85. The van der Waals surface area contributed by atoms with E-state index in [-0.39, 0.29) is 0 Å². The van der Waals surface area contributed by atoms with Crippen LogP contribution in [0, 0.1) is 0 Å². The zero-order valence-electron chi connectivity index (χ0n) is 6.44. The Bertz CT molecular complexity index is 236. The Morgan fingerprint density at radius 1 is 1.73 bits per heavy atom. The van der Waals surface area contributed by atoms with Crippen LogP contribution in [0.1, 0.15) is 6.92 Å². The van der Waals surface area contributed by atoms with Crippen LogP contribution in [0.2, 0.25) is 0 Å². The molecule has 0 bridgehead atoms. The Hall–Kier alpha value is -0.160. The van der Waals surface area contributed by atoms with Crippen LogP contribution >= 0.6 is 23.5 Å². The Morgan fingerprint density at radius 3 is 3.18 bits per heavy atom. The van der Waals surface area contributed by atoms with E-state index in [0.29, 0.717) is 5.37 Å². The summed E-state index contributed by atoms with van der Waals surface area (Å²) in [6, 6.07) is 0. The minimum Gasteiger partial charge on any atom is -0.244 e. The second-order valence-corrected chi connectivity index (χ2v) is 4.58. The summed E-state index contributed by atoms with van der Waals surface area (Å²) >= 11 is 3.45. The lowest BCUT2D eigenvalue weighted by Gasteiger charge is -2.05. The van der Waals surface area contributed by atoms with Gasteiger partial charge in [0.25, 0.3) is 0 Å². The van der Waals surface area contributed by atoms with Crippen LogP contribution in [0.5, 0.6) is 0 Å². The monoisotopic (exact) mass is 187 g/mol. The van der Waals surface area contributed by atoms with E-state index < -0.39 is 0 Å². The minimum atomic E-state index is 0.398. The normalized spacial score (nSPS) is 28.5. The molecule has 0 amide bonds. The van der Waals surface area contributed by atoms with Crippen LogP contribution in [-0.2, 0) is 0 Å². The number of aliphatic imine (C=N–C) groups is 1. The molecule has 5 heteroatoms. The molecule has 0 aromatic rings. The molecule has 3 nitrogen and oxygen atoms in total. The largest absolute Gasteiger partial charge is 0.244 e. The van der Waals surface area contributed by atoms with Crippen LogP contribution in [-0.4, -0.2) is 33.4 Å². The van der Waals surface area contributed by atoms with Gasteiger partial charge in [-0.2, -0.15) is 5.10 Å². The van der Waals surface area contributed by atoms with Gasteiger partial charge in [-0.1, -0.05) is 0 Å². The van der Waals surface area contributed by atoms with Crippen LogP contribution in [0.3, 0.4) is 0 Å². The lowest BCUT2D eigenvalue weighted by molar-refractivity contribution is 0.493. The predicted octanol–water partition coefficient (Wildman–Crippen LogP) is 1.43. The molecule has 0 aromatic carbocycles. The summed E-state index contributed by atoms with van der Waals surface area (Å²) in [7, 11) is 0. The Morgan fingerprint density at radius 2 is 2.55 bits per heavy atom. The topological polar surface area (TPSA) is 28.0 Å². The maximum atomic E-state index is 4.47. The summed E-state index contributed by atoms with van der Waals surface area (Å²) in [6.07, 6.45) is 2.08. The zero-order chi connectivity index (χ0) is 7.84. The fourth-order valence-electron chi connectivity index (χ4n) is 1.07. The average molecular weight is 187 g/mol. The van der Waals surface area contributed by atoms with Gasteiger partial charge in [0.2, 0.25) is 0 Å². The highest BCUT2D eigenvalue weighted by atomic mass is 32.2. The van der Waals surface area contributed by atoms with Gasteiger partial charge < -0.3 is 0 Å². The molecule has 0 N–H and O–H groups in total. The van der Waals surface area contributed by atoms with E-state index in [2.05, 4.69) is 16.3 Å². The molecule has 0 saturated heterocycles. The molecule has 0 saturated carbocycles. The fourth-order valence-corrected chi connectivity index (χ4v) is 2.44. The molecule has 0 aliphatic carbocycles. The van der Waals surface area contributed by atoms with E-state index in [1.807, 2.05) is 11.9 Å². The standard InChI is InChI=1S/C6H9N3S2/c1-4-8-9-3-5(10-2)7-6(9)11-4/h5H,3H2,1-2H3. The van der Waals surface area contributed by atoms with E-state index in [1.165, 1.54) is 0 Å². The van der Waals surface area contributed by atoms with Gasteiger partial charge in [0, 0.05) is 0 Å². The van der Waals surface area contributed by atoms with Gasteiger partial charge >= 0.3 is 0 Å². The second kappa shape index (κ2) is 2.71. The van der Waals surface area contributed by atoms with Crippen molar-refractivity contribution in [1.82, 2.24) is 5.01 Å². The number of hydrazone groups is 1. The third-order valence-corrected chi connectivity index (χ3v) is 3.25. The van der Waals surface area contributed by atoms with Crippen molar-refractivity contribution in [2.75, 3.05) is 12.8 Å². The molecule has 60 valence electrons. The summed E-state index contributed by atoms with van der Waals surface area (Å²) < 4.78 is 0. The fraction of sp³-hybridized carbons (Fsp3) is 0.667. The summed E-state index contributed by atoms with van der Waals surface area (Å²) in [5.74, 6) is 0. The van der Waals surface area contributed by atoms with Gasteiger partial charge in [-0.05, 0) is 24.9 Å². The first-order valence-electron chi connectivity index (χ1n) is 3.41. The lowest BCUT2D eigenvalue weighted by atomic mass is 10.7. The van der Waals surface area contributed by atoms with Crippen molar-refractivity contribution in [3.8, 4) is 0 Å². The molecule has 0 fully saturated rings. The van der Waals surface area contributed by atoms with E-state index in [0.717, 1.165) is 16.8 Å². The van der Waals surface area contributed by atoms with Crippen LogP contribution < -0.4 is 0 Å². The van der Waals surface area contributed by atoms with Crippen molar-refractivity contribution >= 4 is 33.7 Å². The van der Waals surface area contributed by atoms with Crippen molar-refractivity contribution in [2.24, 2.45) is 10.1 Å². The van der Waals surface area contributed by atoms with Crippen molar-refractivity contribution in [3.63, 3.8) is 0 Å². The van der Waals surface area contributed by atoms with Crippen molar-refractivity contribution in [2.45, 2.75) is 12.3 Å². The summed E-state index contributed by atoms with van der Waals surface area (Å²) in [5.41, 5.74) is 0. The molecule has 1 atom stereocenters. The number of hydrogen-bond acceptors (Lipinski definition) is 5. The average Bonchev–Trinajstić information content (AvgIpc) is 2.43. The number of fused-ring (bicyclic) bond motifs is 1. The summed E-state index contributed by atoms with van der Waals surface area (Å²) in [5, 5.41) is 8.87. The summed E-state index contributed by atoms with van der Waals surface area (Å²) in [6.45, 7) is 2.96. The molecule has 2 aliphatic heterocycles. The molecular weight excluding hydrogens is 178 g/mol. The molecule has 0 spiro atoms. The SMILES string of the molecule is CSC1CN2N=C(C)SC2=N1. The van der Waals surface area contributed by atoms with Gasteiger partial charge in [-0.15, -0.1) is 11.8 Å². The van der Waals surface area contributed by atoms with E-state index in [9.17, 15) is 0 Å². The first kappa shape index (κ1) is 7.49. The minimum absolute atomic E-state index is 0.398. The number of thioether (sulfide) groups is 2. The maximum absolute atomic E-state index is 4.47. The van der Waals surface area contributed by atoms with Crippen molar-refractivity contribution in [1.29, 1.82) is 0 Å². The molecule has 0 radical (unpaired) electrons. The zero-order valence-corrected chi connectivity index (χ0v) is 8.08.